The number of aromatic nitrogens is 3. The molecule has 3 rings (SSSR count). The van der Waals surface area contributed by atoms with Gasteiger partial charge in [-0.1, -0.05) is 17.7 Å². The zero-order valence-corrected chi connectivity index (χ0v) is 25.4. The van der Waals surface area contributed by atoms with Crippen LogP contribution in [0.25, 0.3) is 0 Å². The van der Waals surface area contributed by atoms with E-state index in [0.717, 1.165) is 17.7 Å². The average Bonchev–Trinajstić information content (AvgIpc) is 2.90. The monoisotopic (exact) mass is 670 g/mol. The number of aryl methyl sites for hydroxylation is 1. The van der Waals surface area contributed by atoms with Gasteiger partial charge in [-0.2, -0.15) is 42.2 Å². The van der Waals surface area contributed by atoms with E-state index >= 15 is 0 Å². The maximum atomic E-state index is 12.3. The van der Waals surface area contributed by atoms with Gasteiger partial charge in [-0.3, -0.25) is 14.4 Å². The SMILES string of the molecule is Cc1ccc(N=Nc2cc(S(=O)(=O)O)c(N)cc2Nc2nc(NC#N)nc(N(C)CCS(=O)(=O)CCOS(=O)(=O)O)n2)cc1. The van der Waals surface area contributed by atoms with Crippen molar-refractivity contribution in [1.82, 2.24) is 15.0 Å². The number of sulfone groups is 1. The fraction of sp³-hybridized carbons (Fsp3) is 0.273. The van der Waals surface area contributed by atoms with E-state index in [1.165, 1.54) is 11.9 Å². The highest BCUT2D eigenvalue weighted by molar-refractivity contribution is 7.91. The van der Waals surface area contributed by atoms with Gasteiger partial charge < -0.3 is 16.0 Å². The third kappa shape index (κ3) is 10.3. The lowest BCUT2D eigenvalue weighted by molar-refractivity contribution is 0.284. The Morgan fingerprint density at radius 1 is 1.00 bits per heavy atom. The molecule has 0 aliphatic rings. The van der Waals surface area contributed by atoms with Crippen LogP contribution in [0.4, 0.5) is 40.6 Å². The molecule has 19 nitrogen and oxygen atoms in total. The summed E-state index contributed by atoms with van der Waals surface area (Å²) in [6.07, 6.45) is 1.64. The average molecular weight is 671 g/mol. The number of nitrogens with zero attached hydrogens (tertiary/aromatic N) is 7. The van der Waals surface area contributed by atoms with Gasteiger partial charge in [0.05, 0.1) is 35.2 Å². The van der Waals surface area contributed by atoms with E-state index in [2.05, 4.69) is 40.0 Å². The van der Waals surface area contributed by atoms with Crippen molar-refractivity contribution in [3.8, 4) is 6.19 Å². The Morgan fingerprint density at radius 3 is 2.27 bits per heavy atom. The first-order valence-corrected chi connectivity index (χ1v) is 16.7. The number of rotatable bonds is 14. The summed E-state index contributed by atoms with van der Waals surface area (Å²) in [5.41, 5.74) is 6.84. The molecule has 0 radical (unpaired) electrons. The van der Waals surface area contributed by atoms with E-state index < -0.39 is 53.4 Å². The van der Waals surface area contributed by atoms with E-state index in [-0.39, 0.29) is 41.5 Å². The van der Waals surface area contributed by atoms with Gasteiger partial charge in [0.15, 0.2) is 16.0 Å². The molecule has 0 unspecified atom stereocenters. The standard InChI is InChI=1S/C22H26N10O9S3/c1-14-3-5-15(6-4-14)30-31-18-12-19(43(35,36)37)16(24)11-17(18)26-21-27-20(25-13-23)28-22(29-21)32(2)7-9-42(33,34)10-8-41-44(38,39)40/h3-6,11-12H,7-10,24H2,1-2H3,(H,35,36,37)(H,38,39,40)(H2,25,26,27,28,29). The minimum atomic E-state index is -4.80. The lowest BCUT2D eigenvalue weighted by Gasteiger charge is -2.18. The normalized spacial score (nSPS) is 12.2. The summed E-state index contributed by atoms with van der Waals surface area (Å²) in [4.78, 5) is 13.0. The van der Waals surface area contributed by atoms with Gasteiger partial charge in [0.25, 0.3) is 10.1 Å². The Hall–Kier alpha value is -4.53. The zero-order valence-electron chi connectivity index (χ0n) is 23.0. The third-order valence-corrected chi connectivity index (χ3v) is 8.42. The summed E-state index contributed by atoms with van der Waals surface area (Å²) in [6, 6.07) is 9.02. The first kappa shape index (κ1) is 34.0. The first-order valence-electron chi connectivity index (χ1n) is 12.1. The number of nitriles is 1. The Morgan fingerprint density at radius 2 is 1.66 bits per heavy atom. The van der Waals surface area contributed by atoms with Crippen molar-refractivity contribution >= 4 is 70.9 Å². The summed E-state index contributed by atoms with van der Waals surface area (Å²) in [7, 11) is -12.0. The van der Waals surface area contributed by atoms with Crippen molar-refractivity contribution in [3.63, 3.8) is 0 Å². The number of nitrogens with two attached hydrogens (primary N) is 1. The van der Waals surface area contributed by atoms with Crippen LogP contribution in [-0.2, 0) is 34.5 Å². The first-order chi connectivity index (χ1) is 20.5. The minimum Gasteiger partial charge on any atom is -0.398 e. The fourth-order valence-electron chi connectivity index (χ4n) is 3.28. The molecule has 3 aromatic rings. The van der Waals surface area contributed by atoms with E-state index in [1.54, 1.807) is 30.5 Å². The summed E-state index contributed by atoms with van der Waals surface area (Å²) in [6.45, 7) is 0.887. The zero-order chi connectivity index (χ0) is 32.7. The Bertz CT molecular complexity index is 1910. The van der Waals surface area contributed by atoms with E-state index in [1.807, 2.05) is 6.92 Å². The number of azo groups is 1. The molecule has 236 valence electrons. The van der Waals surface area contributed by atoms with Gasteiger partial charge in [-0.05, 0) is 31.2 Å². The van der Waals surface area contributed by atoms with Gasteiger partial charge in [0.2, 0.25) is 17.8 Å². The fourth-order valence-corrected chi connectivity index (χ4v) is 5.39. The van der Waals surface area contributed by atoms with Crippen molar-refractivity contribution in [3.05, 3.63) is 42.0 Å². The number of nitrogen functional groups attached to an aromatic ring is 1. The molecule has 0 saturated heterocycles. The van der Waals surface area contributed by atoms with Gasteiger partial charge >= 0.3 is 10.4 Å². The molecule has 1 aromatic heterocycles. The van der Waals surface area contributed by atoms with Gasteiger partial charge in [-0.15, -0.1) is 5.11 Å². The number of hydrogen-bond donors (Lipinski definition) is 5. The molecule has 0 saturated carbocycles. The number of anilines is 5. The van der Waals surface area contributed by atoms with Crippen LogP contribution in [0.5, 0.6) is 0 Å². The third-order valence-electron chi connectivity index (χ3n) is 5.46. The highest BCUT2D eigenvalue weighted by atomic mass is 32.3. The summed E-state index contributed by atoms with van der Waals surface area (Å²) >= 11 is 0. The summed E-state index contributed by atoms with van der Waals surface area (Å²) < 4.78 is 91.9. The molecule has 6 N–H and O–H groups in total. The van der Waals surface area contributed by atoms with Gasteiger partial charge in [-0.25, -0.2) is 12.6 Å². The molecule has 44 heavy (non-hydrogen) atoms. The Kier molecular flexibility index (Phi) is 10.7. The lowest BCUT2D eigenvalue weighted by atomic mass is 10.2. The van der Waals surface area contributed by atoms with Crippen molar-refractivity contribution < 1.29 is 38.5 Å². The molecular formula is C22H26N10O9S3. The summed E-state index contributed by atoms with van der Waals surface area (Å²) in [5.74, 6) is -1.77. The smallest absolute Gasteiger partial charge is 0.397 e. The molecule has 0 fully saturated rings. The maximum Gasteiger partial charge on any atom is 0.397 e. The number of nitrogens with one attached hydrogen (secondary N) is 2. The van der Waals surface area contributed by atoms with E-state index in [9.17, 15) is 29.8 Å². The second-order valence-corrected chi connectivity index (χ2v) is 13.7. The molecule has 0 atom stereocenters. The molecule has 0 bridgehead atoms. The molecule has 22 heteroatoms. The highest BCUT2D eigenvalue weighted by Crippen LogP contribution is 2.35. The van der Waals surface area contributed by atoms with E-state index in [4.69, 9.17) is 15.5 Å². The maximum absolute atomic E-state index is 12.3. The van der Waals surface area contributed by atoms with Crippen LogP contribution in [-0.4, -0.2) is 81.0 Å². The molecule has 0 aliphatic heterocycles. The molecular weight excluding hydrogens is 645 g/mol. The second-order valence-electron chi connectivity index (χ2n) is 8.89. The molecule has 0 aliphatic carbocycles. The van der Waals surface area contributed by atoms with Crippen LogP contribution in [0, 0.1) is 18.4 Å². The quantitative estimate of drug-likeness (QED) is 0.0536. The largest absolute Gasteiger partial charge is 0.398 e. The Labute approximate surface area is 252 Å². The van der Waals surface area contributed by atoms with E-state index in [0.29, 0.717) is 5.69 Å². The predicted octanol–water partition coefficient (Wildman–Crippen LogP) is 1.73. The molecule has 2 aromatic carbocycles. The van der Waals surface area contributed by atoms with Gasteiger partial charge in [0.1, 0.15) is 10.6 Å². The number of hydrogen-bond acceptors (Lipinski definition) is 17. The minimum absolute atomic E-state index is 0.0369. The van der Waals surface area contributed by atoms with Crippen LogP contribution >= 0.6 is 0 Å². The van der Waals surface area contributed by atoms with Crippen molar-refractivity contribution in [1.29, 1.82) is 5.26 Å². The second kappa shape index (κ2) is 13.8. The van der Waals surface area contributed by atoms with Crippen molar-refractivity contribution in [2.75, 3.05) is 53.0 Å². The molecule has 0 spiro atoms. The van der Waals surface area contributed by atoms with Crippen LogP contribution in [0.2, 0.25) is 0 Å². The highest BCUT2D eigenvalue weighted by Gasteiger charge is 2.20. The van der Waals surface area contributed by atoms with Crippen LogP contribution in [0.1, 0.15) is 5.56 Å². The summed E-state index contributed by atoms with van der Waals surface area (Å²) in [5, 5.41) is 22.3. The molecule has 0 amide bonds. The predicted molar refractivity (Wildman–Crippen MR) is 158 cm³/mol. The lowest BCUT2D eigenvalue weighted by Crippen LogP contribution is -2.29. The van der Waals surface area contributed by atoms with Crippen molar-refractivity contribution in [2.24, 2.45) is 10.2 Å². The Balaban J connectivity index is 1.93. The van der Waals surface area contributed by atoms with Crippen molar-refractivity contribution in [2.45, 2.75) is 11.8 Å². The molecule has 1 heterocycles. The topological polar surface area (TPSA) is 293 Å². The van der Waals surface area contributed by atoms with Crippen LogP contribution in [0.3, 0.4) is 0 Å². The van der Waals surface area contributed by atoms with Crippen LogP contribution < -0.4 is 21.3 Å². The van der Waals surface area contributed by atoms with Crippen LogP contribution in [0.15, 0.2) is 51.5 Å². The van der Waals surface area contributed by atoms with Gasteiger partial charge in [0, 0.05) is 13.6 Å². The number of benzene rings is 2.